The molecule has 2 heterocycles. The summed E-state index contributed by atoms with van der Waals surface area (Å²) in [6.45, 7) is 2.04. The molecule has 0 atom stereocenters. The van der Waals surface area contributed by atoms with Gasteiger partial charge in [-0.15, -0.1) is 21.5 Å². The average Bonchev–Trinajstić information content (AvgIpc) is 2.82. The predicted octanol–water partition coefficient (Wildman–Crippen LogP) is 3.71. The van der Waals surface area contributed by atoms with Crippen molar-refractivity contribution in [2.24, 2.45) is 0 Å². The van der Waals surface area contributed by atoms with Crippen molar-refractivity contribution in [3.05, 3.63) is 41.3 Å². The van der Waals surface area contributed by atoms with Gasteiger partial charge in [-0.3, -0.25) is 0 Å². The average molecular weight is 255 g/mol. The highest BCUT2D eigenvalue weighted by Gasteiger charge is 2.09. The molecular formula is C14H13N3S. The summed E-state index contributed by atoms with van der Waals surface area (Å²) in [5.41, 5.74) is 3.20. The predicted molar refractivity (Wildman–Crippen MR) is 77.1 cm³/mol. The third kappa shape index (κ3) is 1.75. The lowest BCUT2D eigenvalue weighted by Crippen LogP contribution is -1.98. The Bertz CT molecular complexity index is 703. The molecular weight excluding hydrogens is 242 g/mol. The van der Waals surface area contributed by atoms with Gasteiger partial charge in [-0.1, -0.05) is 18.2 Å². The summed E-state index contributed by atoms with van der Waals surface area (Å²) < 4.78 is 1.28. The largest absolute Gasteiger partial charge is 0.371 e. The number of fused-ring (bicyclic) bond motifs is 1. The molecule has 0 radical (unpaired) electrons. The zero-order chi connectivity index (χ0) is 12.5. The van der Waals surface area contributed by atoms with E-state index < -0.39 is 0 Å². The quantitative estimate of drug-likeness (QED) is 0.758. The standard InChI is InChI=1S/C14H13N3S/c1-9-7-12(16-17-14(9)15-2)11-8-18-13-6-4-3-5-10(11)13/h3-8H,1-2H3,(H,15,17). The second kappa shape index (κ2) is 4.38. The van der Waals surface area contributed by atoms with Crippen LogP contribution in [0.2, 0.25) is 0 Å². The third-order valence-electron chi connectivity index (χ3n) is 2.98. The van der Waals surface area contributed by atoms with E-state index in [2.05, 4.69) is 51.2 Å². The Morgan fingerprint density at radius 3 is 2.78 bits per heavy atom. The number of hydrogen-bond donors (Lipinski definition) is 1. The van der Waals surface area contributed by atoms with Crippen LogP contribution in [0.25, 0.3) is 21.3 Å². The molecule has 0 saturated heterocycles. The van der Waals surface area contributed by atoms with Crippen molar-refractivity contribution in [3.8, 4) is 11.3 Å². The zero-order valence-electron chi connectivity index (χ0n) is 10.3. The topological polar surface area (TPSA) is 37.8 Å². The molecule has 18 heavy (non-hydrogen) atoms. The fraction of sp³-hybridized carbons (Fsp3) is 0.143. The van der Waals surface area contributed by atoms with Gasteiger partial charge in [-0.05, 0) is 24.6 Å². The Kier molecular flexibility index (Phi) is 2.72. The molecule has 0 unspecified atom stereocenters. The van der Waals surface area contributed by atoms with E-state index in [1.807, 2.05) is 14.0 Å². The van der Waals surface area contributed by atoms with E-state index in [-0.39, 0.29) is 0 Å². The molecule has 2 aromatic heterocycles. The number of thiophene rings is 1. The maximum absolute atomic E-state index is 4.30. The van der Waals surface area contributed by atoms with Gasteiger partial charge in [0.2, 0.25) is 0 Å². The van der Waals surface area contributed by atoms with Gasteiger partial charge >= 0.3 is 0 Å². The van der Waals surface area contributed by atoms with Crippen LogP contribution in [-0.4, -0.2) is 17.2 Å². The lowest BCUT2D eigenvalue weighted by molar-refractivity contribution is 1.02. The van der Waals surface area contributed by atoms with E-state index in [0.29, 0.717) is 0 Å². The minimum absolute atomic E-state index is 0.832. The number of aryl methyl sites for hydroxylation is 1. The van der Waals surface area contributed by atoms with Gasteiger partial charge in [0.05, 0.1) is 5.69 Å². The van der Waals surface area contributed by atoms with Crippen LogP contribution in [0.4, 0.5) is 5.82 Å². The molecule has 0 fully saturated rings. The molecule has 0 aliphatic carbocycles. The zero-order valence-corrected chi connectivity index (χ0v) is 11.1. The van der Waals surface area contributed by atoms with Crippen molar-refractivity contribution in [2.45, 2.75) is 6.92 Å². The molecule has 1 N–H and O–H groups in total. The van der Waals surface area contributed by atoms with E-state index in [4.69, 9.17) is 0 Å². The highest BCUT2D eigenvalue weighted by molar-refractivity contribution is 7.17. The normalized spacial score (nSPS) is 10.8. The van der Waals surface area contributed by atoms with Crippen molar-refractivity contribution in [1.82, 2.24) is 10.2 Å². The van der Waals surface area contributed by atoms with E-state index in [1.54, 1.807) is 11.3 Å². The smallest absolute Gasteiger partial charge is 0.151 e. The first-order chi connectivity index (χ1) is 8.79. The van der Waals surface area contributed by atoms with E-state index >= 15 is 0 Å². The number of rotatable bonds is 2. The molecule has 0 aliphatic heterocycles. The van der Waals surface area contributed by atoms with Gasteiger partial charge in [-0.25, -0.2) is 0 Å². The van der Waals surface area contributed by atoms with Crippen molar-refractivity contribution in [3.63, 3.8) is 0 Å². The van der Waals surface area contributed by atoms with Gasteiger partial charge in [-0.2, -0.15) is 0 Å². The molecule has 4 heteroatoms. The summed E-state index contributed by atoms with van der Waals surface area (Å²) in [5, 5.41) is 14.9. The molecule has 0 saturated carbocycles. The van der Waals surface area contributed by atoms with Crippen LogP contribution in [0.3, 0.4) is 0 Å². The van der Waals surface area contributed by atoms with E-state index in [9.17, 15) is 0 Å². The Hall–Kier alpha value is -1.94. The van der Waals surface area contributed by atoms with Crippen LogP contribution < -0.4 is 5.32 Å². The summed E-state index contributed by atoms with van der Waals surface area (Å²) >= 11 is 1.74. The highest BCUT2D eigenvalue weighted by Crippen LogP contribution is 2.33. The van der Waals surface area contributed by atoms with E-state index in [1.165, 1.54) is 10.1 Å². The van der Waals surface area contributed by atoms with Crippen LogP contribution in [0, 0.1) is 6.92 Å². The minimum Gasteiger partial charge on any atom is -0.371 e. The van der Waals surface area contributed by atoms with Crippen molar-refractivity contribution < 1.29 is 0 Å². The number of nitrogens with zero attached hydrogens (tertiary/aromatic N) is 2. The van der Waals surface area contributed by atoms with Gasteiger partial charge in [0.25, 0.3) is 0 Å². The maximum Gasteiger partial charge on any atom is 0.151 e. The first-order valence-corrected chi connectivity index (χ1v) is 6.66. The highest BCUT2D eigenvalue weighted by atomic mass is 32.1. The van der Waals surface area contributed by atoms with Crippen molar-refractivity contribution in [1.29, 1.82) is 0 Å². The monoisotopic (exact) mass is 255 g/mol. The second-order valence-electron chi connectivity index (χ2n) is 4.16. The summed E-state index contributed by atoms with van der Waals surface area (Å²) in [4.78, 5) is 0. The molecule has 0 amide bonds. The number of benzene rings is 1. The molecule has 0 spiro atoms. The van der Waals surface area contributed by atoms with Crippen LogP contribution in [-0.2, 0) is 0 Å². The molecule has 3 nitrogen and oxygen atoms in total. The maximum atomic E-state index is 4.30. The SMILES string of the molecule is CNc1nnc(-c2csc3ccccc23)cc1C. The third-order valence-corrected chi connectivity index (χ3v) is 3.94. The first-order valence-electron chi connectivity index (χ1n) is 5.78. The van der Waals surface area contributed by atoms with Crippen molar-refractivity contribution in [2.75, 3.05) is 12.4 Å². The molecule has 3 rings (SSSR count). The fourth-order valence-corrected chi connectivity index (χ4v) is 2.99. The summed E-state index contributed by atoms with van der Waals surface area (Å²) in [6, 6.07) is 10.5. The van der Waals surface area contributed by atoms with Crippen LogP contribution in [0.5, 0.6) is 0 Å². The Labute approximate surface area is 109 Å². The molecule has 1 aromatic carbocycles. The van der Waals surface area contributed by atoms with Crippen molar-refractivity contribution >= 4 is 27.2 Å². The lowest BCUT2D eigenvalue weighted by atomic mass is 10.1. The molecule has 90 valence electrons. The fourth-order valence-electron chi connectivity index (χ4n) is 2.04. The Morgan fingerprint density at radius 1 is 1.17 bits per heavy atom. The molecule has 0 bridgehead atoms. The number of hydrogen-bond acceptors (Lipinski definition) is 4. The van der Waals surface area contributed by atoms with Crippen LogP contribution in [0.15, 0.2) is 35.7 Å². The lowest BCUT2D eigenvalue weighted by Gasteiger charge is -2.04. The Balaban J connectivity index is 2.17. The van der Waals surface area contributed by atoms with Gasteiger partial charge in [0.15, 0.2) is 5.82 Å². The number of aromatic nitrogens is 2. The number of nitrogens with one attached hydrogen (secondary N) is 1. The summed E-state index contributed by atoms with van der Waals surface area (Å²) in [5.74, 6) is 0.832. The molecule has 0 aliphatic rings. The number of anilines is 1. The Morgan fingerprint density at radius 2 is 2.00 bits per heavy atom. The second-order valence-corrected chi connectivity index (χ2v) is 5.07. The van der Waals surface area contributed by atoms with Gasteiger partial charge in [0.1, 0.15) is 0 Å². The summed E-state index contributed by atoms with van der Waals surface area (Å²) in [7, 11) is 1.86. The molecule has 3 aromatic rings. The van der Waals surface area contributed by atoms with E-state index in [0.717, 1.165) is 22.6 Å². The van der Waals surface area contributed by atoms with Gasteiger partial charge < -0.3 is 5.32 Å². The minimum atomic E-state index is 0.832. The van der Waals surface area contributed by atoms with Crippen LogP contribution in [0.1, 0.15) is 5.56 Å². The first kappa shape index (κ1) is 11.2. The van der Waals surface area contributed by atoms with Gasteiger partial charge in [0, 0.05) is 28.1 Å². The van der Waals surface area contributed by atoms with Crippen LogP contribution >= 0.6 is 11.3 Å². The summed E-state index contributed by atoms with van der Waals surface area (Å²) in [6.07, 6.45) is 0.